The first-order valence-electron chi connectivity index (χ1n) is 7.30. The highest BCUT2D eigenvalue weighted by Gasteiger charge is 2.43. The van der Waals surface area contributed by atoms with E-state index in [9.17, 15) is 4.79 Å². The van der Waals surface area contributed by atoms with Crippen LogP contribution < -0.4 is 9.47 Å². The van der Waals surface area contributed by atoms with Crippen molar-refractivity contribution in [3.05, 3.63) is 11.9 Å². The van der Waals surface area contributed by atoms with Gasteiger partial charge >= 0.3 is 0 Å². The molecule has 6 nitrogen and oxygen atoms in total. The minimum absolute atomic E-state index is 0.143. The lowest BCUT2D eigenvalue weighted by Gasteiger charge is -2.35. The fraction of sp³-hybridized carbons (Fsp3) is 0.667. The van der Waals surface area contributed by atoms with E-state index in [1.807, 2.05) is 6.92 Å². The van der Waals surface area contributed by atoms with Crippen molar-refractivity contribution < 1.29 is 19.0 Å². The van der Waals surface area contributed by atoms with E-state index in [0.29, 0.717) is 12.5 Å². The highest BCUT2D eigenvalue weighted by atomic mass is 16.5. The minimum Gasteiger partial charge on any atom is -0.480 e. The summed E-state index contributed by atoms with van der Waals surface area (Å²) in [6.45, 7) is 2.40. The third-order valence-corrected chi connectivity index (χ3v) is 3.83. The molecule has 0 aliphatic heterocycles. The molecule has 0 amide bonds. The van der Waals surface area contributed by atoms with Crippen LogP contribution in [0.4, 0.5) is 0 Å². The van der Waals surface area contributed by atoms with Crippen molar-refractivity contribution >= 4 is 5.78 Å². The standard InChI is InChI=1S/C15H22N2O4/c1-4-21-15(8-6-5-7-9-15)13(18)12-14(20-3)17-11(19-2)10-16-12/h10H,4-9H2,1-3H3. The van der Waals surface area contributed by atoms with Gasteiger partial charge in [0.2, 0.25) is 17.5 Å². The van der Waals surface area contributed by atoms with Crippen LogP contribution in [-0.4, -0.2) is 42.2 Å². The molecule has 0 saturated heterocycles. The van der Waals surface area contributed by atoms with Crippen molar-refractivity contribution in [3.63, 3.8) is 0 Å². The zero-order valence-electron chi connectivity index (χ0n) is 12.8. The molecule has 0 spiro atoms. The van der Waals surface area contributed by atoms with Crippen molar-refractivity contribution in [2.45, 2.75) is 44.6 Å². The molecule has 0 N–H and O–H groups in total. The predicted octanol–water partition coefficient (Wildman–Crippen LogP) is 2.42. The summed E-state index contributed by atoms with van der Waals surface area (Å²) < 4.78 is 16.0. The van der Waals surface area contributed by atoms with Crippen LogP contribution in [0.25, 0.3) is 0 Å². The third kappa shape index (κ3) is 3.15. The quantitative estimate of drug-likeness (QED) is 0.750. The maximum Gasteiger partial charge on any atom is 0.246 e. The average molecular weight is 294 g/mol. The number of Topliss-reactive ketones (excluding diaryl/α,β-unsaturated/α-hetero) is 1. The minimum atomic E-state index is -0.788. The highest BCUT2D eigenvalue weighted by Crippen LogP contribution is 2.36. The molecule has 2 rings (SSSR count). The van der Waals surface area contributed by atoms with Crippen molar-refractivity contribution in [2.75, 3.05) is 20.8 Å². The first-order chi connectivity index (χ1) is 10.2. The second-order valence-corrected chi connectivity index (χ2v) is 5.09. The third-order valence-electron chi connectivity index (χ3n) is 3.83. The molecule has 1 aromatic rings. The molecular formula is C15H22N2O4. The van der Waals surface area contributed by atoms with Crippen LogP contribution in [0.3, 0.4) is 0 Å². The largest absolute Gasteiger partial charge is 0.480 e. The molecule has 1 heterocycles. The highest BCUT2D eigenvalue weighted by molar-refractivity contribution is 6.02. The fourth-order valence-electron chi connectivity index (χ4n) is 2.81. The first kappa shape index (κ1) is 15.7. The van der Waals surface area contributed by atoms with Gasteiger partial charge in [-0.1, -0.05) is 19.3 Å². The normalized spacial score (nSPS) is 17.3. The lowest BCUT2D eigenvalue weighted by molar-refractivity contribution is -0.0416. The van der Waals surface area contributed by atoms with Gasteiger partial charge in [0.25, 0.3) is 0 Å². The molecule has 0 atom stereocenters. The zero-order valence-corrected chi connectivity index (χ0v) is 12.8. The number of ether oxygens (including phenoxy) is 3. The summed E-state index contributed by atoms with van der Waals surface area (Å²) in [5.41, 5.74) is -0.572. The van der Waals surface area contributed by atoms with Crippen LogP contribution in [0, 0.1) is 0 Å². The van der Waals surface area contributed by atoms with Crippen molar-refractivity contribution in [1.82, 2.24) is 9.97 Å². The molecule has 1 aliphatic carbocycles. The van der Waals surface area contributed by atoms with Gasteiger partial charge < -0.3 is 14.2 Å². The van der Waals surface area contributed by atoms with Crippen LogP contribution in [0.15, 0.2) is 6.20 Å². The van der Waals surface area contributed by atoms with Gasteiger partial charge in [0.05, 0.1) is 20.4 Å². The first-order valence-corrected chi connectivity index (χ1v) is 7.30. The Labute approximate surface area is 124 Å². The van der Waals surface area contributed by atoms with Crippen LogP contribution >= 0.6 is 0 Å². The van der Waals surface area contributed by atoms with Crippen molar-refractivity contribution in [3.8, 4) is 11.8 Å². The Bertz CT molecular complexity index is 493. The molecule has 6 heteroatoms. The van der Waals surface area contributed by atoms with E-state index in [4.69, 9.17) is 14.2 Å². The summed E-state index contributed by atoms with van der Waals surface area (Å²) in [6, 6.07) is 0. The number of ketones is 1. The predicted molar refractivity (Wildman–Crippen MR) is 76.9 cm³/mol. The number of aromatic nitrogens is 2. The average Bonchev–Trinajstić information content (AvgIpc) is 2.54. The van der Waals surface area contributed by atoms with E-state index in [0.717, 1.165) is 32.1 Å². The molecule has 116 valence electrons. The molecule has 1 fully saturated rings. The van der Waals surface area contributed by atoms with Gasteiger partial charge in [0.1, 0.15) is 5.60 Å². The maximum atomic E-state index is 12.9. The number of methoxy groups -OCH3 is 2. The second-order valence-electron chi connectivity index (χ2n) is 5.09. The Morgan fingerprint density at radius 1 is 1.24 bits per heavy atom. The second kappa shape index (κ2) is 6.85. The van der Waals surface area contributed by atoms with Crippen LogP contribution in [-0.2, 0) is 4.74 Å². The summed E-state index contributed by atoms with van der Waals surface area (Å²) >= 11 is 0. The Morgan fingerprint density at radius 2 is 1.95 bits per heavy atom. The van der Waals surface area contributed by atoms with Gasteiger partial charge in [0.15, 0.2) is 5.69 Å². The van der Waals surface area contributed by atoms with Gasteiger partial charge in [-0.3, -0.25) is 4.79 Å². The van der Waals surface area contributed by atoms with Crippen LogP contribution in [0.1, 0.15) is 49.5 Å². The Hall–Kier alpha value is -1.69. The van der Waals surface area contributed by atoms with Crippen LogP contribution in [0.2, 0.25) is 0 Å². The monoisotopic (exact) mass is 294 g/mol. The number of rotatable bonds is 6. The molecule has 21 heavy (non-hydrogen) atoms. The maximum absolute atomic E-state index is 12.9. The lowest BCUT2D eigenvalue weighted by Crippen LogP contribution is -2.44. The SMILES string of the molecule is CCOC1(C(=O)c2ncc(OC)nc2OC)CCCCC1. The van der Waals surface area contributed by atoms with E-state index in [2.05, 4.69) is 9.97 Å². The smallest absolute Gasteiger partial charge is 0.246 e. The molecule has 1 aliphatic rings. The van der Waals surface area contributed by atoms with Gasteiger partial charge in [-0.15, -0.1) is 0 Å². The number of hydrogen-bond acceptors (Lipinski definition) is 6. The van der Waals surface area contributed by atoms with E-state index in [1.54, 1.807) is 0 Å². The summed E-state index contributed by atoms with van der Waals surface area (Å²) in [5, 5.41) is 0. The molecule has 0 aromatic carbocycles. The zero-order chi connectivity index (χ0) is 15.3. The molecular weight excluding hydrogens is 272 g/mol. The lowest BCUT2D eigenvalue weighted by atomic mass is 9.80. The van der Waals surface area contributed by atoms with Gasteiger partial charge in [-0.05, 0) is 19.8 Å². The topological polar surface area (TPSA) is 70.5 Å². The van der Waals surface area contributed by atoms with E-state index in [1.165, 1.54) is 20.4 Å². The van der Waals surface area contributed by atoms with Crippen LogP contribution in [0.5, 0.6) is 11.8 Å². The number of carbonyl (C=O) groups is 1. The number of hydrogen-bond donors (Lipinski definition) is 0. The van der Waals surface area contributed by atoms with Crippen molar-refractivity contribution in [1.29, 1.82) is 0 Å². The summed E-state index contributed by atoms with van der Waals surface area (Å²) in [4.78, 5) is 21.3. The summed E-state index contributed by atoms with van der Waals surface area (Å²) in [6.07, 6.45) is 5.97. The number of carbonyl (C=O) groups excluding carboxylic acids is 1. The molecule has 0 bridgehead atoms. The molecule has 1 aromatic heterocycles. The Kier molecular flexibility index (Phi) is 5.12. The van der Waals surface area contributed by atoms with Gasteiger partial charge in [-0.25, -0.2) is 4.98 Å². The van der Waals surface area contributed by atoms with E-state index < -0.39 is 5.60 Å². The summed E-state index contributed by atoms with van der Waals surface area (Å²) in [5.74, 6) is 0.359. The van der Waals surface area contributed by atoms with Crippen molar-refractivity contribution in [2.24, 2.45) is 0 Å². The van der Waals surface area contributed by atoms with E-state index >= 15 is 0 Å². The number of nitrogens with zero attached hydrogens (tertiary/aromatic N) is 2. The van der Waals surface area contributed by atoms with E-state index in [-0.39, 0.29) is 17.4 Å². The van der Waals surface area contributed by atoms with Gasteiger partial charge in [0, 0.05) is 6.61 Å². The summed E-state index contributed by atoms with van der Waals surface area (Å²) in [7, 11) is 2.96. The fourth-order valence-corrected chi connectivity index (χ4v) is 2.81. The Morgan fingerprint density at radius 3 is 2.52 bits per heavy atom. The molecule has 0 radical (unpaired) electrons. The Balaban J connectivity index is 2.36. The van der Waals surface area contributed by atoms with Gasteiger partial charge in [-0.2, -0.15) is 4.98 Å². The molecule has 0 unspecified atom stereocenters. The molecule has 1 saturated carbocycles.